The molecule has 1 N–H and O–H groups in total. The molecular formula is C19H24N2O3. The lowest BCUT2D eigenvalue weighted by atomic mass is 9.88. The van der Waals surface area contributed by atoms with Crippen molar-refractivity contribution in [3.05, 3.63) is 46.4 Å². The van der Waals surface area contributed by atoms with Gasteiger partial charge in [0.05, 0.1) is 0 Å². The molecule has 1 aliphatic heterocycles. The van der Waals surface area contributed by atoms with Gasteiger partial charge in [-0.05, 0) is 62.6 Å². The van der Waals surface area contributed by atoms with E-state index in [-0.39, 0.29) is 11.7 Å². The average molecular weight is 328 g/mol. The zero-order valence-corrected chi connectivity index (χ0v) is 14.5. The molecule has 1 fully saturated rings. The average Bonchev–Trinajstić information content (AvgIpc) is 2.53. The predicted molar refractivity (Wildman–Crippen MR) is 94.4 cm³/mol. The number of rotatable bonds is 1. The number of benzene rings is 1. The second-order valence-electron chi connectivity index (χ2n) is 7.40. The number of carbonyl (C=O) groups is 1. The number of H-pyrrole nitrogens is 1. The van der Waals surface area contributed by atoms with E-state index in [0.29, 0.717) is 24.4 Å². The number of carbonyl (C=O) groups excluding carboxylic acids is 1. The molecule has 5 nitrogen and oxygen atoms in total. The van der Waals surface area contributed by atoms with Gasteiger partial charge in [-0.25, -0.2) is 4.79 Å². The minimum absolute atomic E-state index is 0.0567. The Morgan fingerprint density at radius 3 is 2.58 bits per heavy atom. The van der Waals surface area contributed by atoms with Crippen LogP contribution in [0, 0.1) is 0 Å². The molecule has 1 amide bonds. The number of nitrogens with zero attached hydrogens (tertiary/aromatic N) is 1. The molecule has 0 spiro atoms. The van der Waals surface area contributed by atoms with Crippen LogP contribution in [0.1, 0.15) is 45.1 Å². The summed E-state index contributed by atoms with van der Waals surface area (Å²) in [6.45, 7) is 7.05. The van der Waals surface area contributed by atoms with Crippen LogP contribution >= 0.6 is 0 Å². The Morgan fingerprint density at radius 1 is 1.21 bits per heavy atom. The Bertz CT molecular complexity index is 796. The van der Waals surface area contributed by atoms with E-state index in [1.807, 2.05) is 39.0 Å². The number of piperidine rings is 1. The Kier molecular flexibility index (Phi) is 4.35. The highest BCUT2D eigenvalue weighted by molar-refractivity contribution is 5.82. The van der Waals surface area contributed by atoms with E-state index in [1.165, 1.54) is 5.56 Å². The number of hydrogen-bond acceptors (Lipinski definition) is 3. The number of pyridine rings is 1. The minimum Gasteiger partial charge on any atom is -0.444 e. The topological polar surface area (TPSA) is 62.4 Å². The van der Waals surface area contributed by atoms with Gasteiger partial charge >= 0.3 is 6.09 Å². The van der Waals surface area contributed by atoms with Gasteiger partial charge in [-0.1, -0.05) is 12.1 Å². The summed E-state index contributed by atoms with van der Waals surface area (Å²) in [5.41, 5.74) is 0.718. The number of hydrogen-bond donors (Lipinski definition) is 1. The standard InChI is InChI=1S/C19H24N2O3/c1-19(2,3)24-18(23)21-10-7-13(8-11-21)14-4-5-16-15(12-14)6-9-20-17(16)22/h4-6,9,12-13H,7-8,10-11H2,1-3H3,(H,20,22). The molecule has 0 unspecified atom stereocenters. The molecule has 1 aromatic carbocycles. The Hall–Kier alpha value is -2.30. The summed E-state index contributed by atoms with van der Waals surface area (Å²) in [5, 5.41) is 1.68. The summed E-state index contributed by atoms with van der Waals surface area (Å²) < 4.78 is 5.44. The van der Waals surface area contributed by atoms with Crippen LogP contribution in [-0.2, 0) is 4.74 Å². The first kappa shape index (κ1) is 16.6. The highest BCUT2D eigenvalue weighted by Crippen LogP contribution is 2.30. The van der Waals surface area contributed by atoms with Crippen molar-refractivity contribution in [1.29, 1.82) is 0 Å². The third-order valence-electron chi connectivity index (χ3n) is 4.42. The summed E-state index contributed by atoms with van der Waals surface area (Å²) in [5.74, 6) is 0.410. The smallest absolute Gasteiger partial charge is 0.410 e. The Labute approximate surface area is 141 Å². The summed E-state index contributed by atoms with van der Waals surface area (Å²) in [6, 6.07) is 7.95. The lowest BCUT2D eigenvalue weighted by molar-refractivity contribution is 0.0205. The summed E-state index contributed by atoms with van der Waals surface area (Å²) in [7, 11) is 0. The quantitative estimate of drug-likeness (QED) is 0.869. The van der Waals surface area contributed by atoms with E-state index in [2.05, 4.69) is 11.1 Å². The summed E-state index contributed by atoms with van der Waals surface area (Å²) in [6.07, 6.45) is 3.27. The van der Waals surface area contributed by atoms with Gasteiger partial charge < -0.3 is 14.6 Å². The largest absolute Gasteiger partial charge is 0.444 e. The van der Waals surface area contributed by atoms with Crippen LogP contribution in [0.25, 0.3) is 10.8 Å². The molecule has 1 saturated heterocycles. The Morgan fingerprint density at radius 2 is 1.92 bits per heavy atom. The second kappa shape index (κ2) is 6.30. The van der Waals surface area contributed by atoms with Crippen molar-refractivity contribution in [2.45, 2.75) is 45.1 Å². The van der Waals surface area contributed by atoms with E-state index >= 15 is 0 Å². The summed E-state index contributed by atoms with van der Waals surface area (Å²) in [4.78, 5) is 28.4. The maximum Gasteiger partial charge on any atom is 0.410 e. The third-order valence-corrected chi connectivity index (χ3v) is 4.42. The van der Waals surface area contributed by atoms with Crippen LogP contribution < -0.4 is 5.56 Å². The fraction of sp³-hybridized carbons (Fsp3) is 0.474. The van der Waals surface area contributed by atoms with Gasteiger partial charge in [0.1, 0.15) is 5.60 Å². The van der Waals surface area contributed by atoms with E-state index in [4.69, 9.17) is 4.74 Å². The molecule has 128 valence electrons. The SMILES string of the molecule is CC(C)(C)OC(=O)N1CCC(c2ccc3c(=O)[nH]ccc3c2)CC1. The van der Waals surface area contributed by atoms with Gasteiger partial charge in [0.15, 0.2) is 0 Å². The number of aromatic nitrogens is 1. The molecule has 24 heavy (non-hydrogen) atoms. The predicted octanol–water partition coefficient (Wildman–Crippen LogP) is 3.64. The molecule has 1 aliphatic rings. The first-order valence-electron chi connectivity index (χ1n) is 8.43. The maximum atomic E-state index is 12.1. The lowest BCUT2D eigenvalue weighted by Crippen LogP contribution is -2.41. The zero-order valence-electron chi connectivity index (χ0n) is 14.5. The van der Waals surface area contributed by atoms with E-state index in [1.54, 1.807) is 11.1 Å². The third kappa shape index (κ3) is 3.61. The number of amides is 1. The van der Waals surface area contributed by atoms with Gasteiger partial charge in [0.25, 0.3) is 5.56 Å². The fourth-order valence-corrected chi connectivity index (χ4v) is 3.19. The Balaban J connectivity index is 1.69. The highest BCUT2D eigenvalue weighted by atomic mass is 16.6. The van der Waals surface area contributed by atoms with Gasteiger partial charge in [-0.2, -0.15) is 0 Å². The molecular weight excluding hydrogens is 304 g/mol. The first-order chi connectivity index (χ1) is 11.3. The van der Waals surface area contributed by atoms with Gasteiger partial charge in [0, 0.05) is 24.7 Å². The molecule has 0 atom stereocenters. The molecule has 0 radical (unpaired) electrons. The maximum absolute atomic E-state index is 12.1. The molecule has 0 saturated carbocycles. The van der Waals surface area contributed by atoms with E-state index in [0.717, 1.165) is 18.2 Å². The van der Waals surface area contributed by atoms with Gasteiger partial charge in [-0.15, -0.1) is 0 Å². The van der Waals surface area contributed by atoms with Gasteiger partial charge in [-0.3, -0.25) is 4.79 Å². The molecule has 0 bridgehead atoms. The number of likely N-dealkylation sites (tertiary alicyclic amines) is 1. The molecule has 2 heterocycles. The number of ether oxygens (including phenoxy) is 1. The van der Waals surface area contributed by atoms with E-state index in [9.17, 15) is 9.59 Å². The van der Waals surface area contributed by atoms with Crippen molar-refractivity contribution in [2.75, 3.05) is 13.1 Å². The van der Waals surface area contributed by atoms with Crippen LogP contribution in [0.15, 0.2) is 35.3 Å². The molecule has 2 aromatic rings. The van der Waals surface area contributed by atoms with Crippen molar-refractivity contribution >= 4 is 16.9 Å². The van der Waals surface area contributed by atoms with Crippen molar-refractivity contribution in [3.8, 4) is 0 Å². The van der Waals surface area contributed by atoms with Crippen LogP contribution in [0.3, 0.4) is 0 Å². The number of nitrogens with one attached hydrogen (secondary N) is 1. The van der Waals surface area contributed by atoms with Crippen molar-refractivity contribution in [1.82, 2.24) is 9.88 Å². The highest BCUT2D eigenvalue weighted by Gasteiger charge is 2.27. The van der Waals surface area contributed by atoms with E-state index < -0.39 is 5.60 Å². The van der Waals surface area contributed by atoms with Crippen LogP contribution in [0.5, 0.6) is 0 Å². The van der Waals surface area contributed by atoms with Crippen molar-refractivity contribution < 1.29 is 9.53 Å². The molecule has 5 heteroatoms. The fourth-order valence-electron chi connectivity index (χ4n) is 3.19. The zero-order chi connectivity index (χ0) is 17.3. The van der Waals surface area contributed by atoms with Crippen molar-refractivity contribution in [3.63, 3.8) is 0 Å². The lowest BCUT2D eigenvalue weighted by Gasteiger charge is -2.33. The minimum atomic E-state index is -0.459. The second-order valence-corrected chi connectivity index (χ2v) is 7.40. The van der Waals surface area contributed by atoms with Crippen LogP contribution in [0.2, 0.25) is 0 Å². The first-order valence-corrected chi connectivity index (χ1v) is 8.43. The number of aromatic amines is 1. The molecule has 3 rings (SSSR count). The van der Waals surface area contributed by atoms with Gasteiger partial charge in [0.2, 0.25) is 0 Å². The molecule has 1 aromatic heterocycles. The normalized spacial score (nSPS) is 16.4. The van der Waals surface area contributed by atoms with Crippen LogP contribution in [-0.4, -0.2) is 34.7 Å². The van der Waals surface area contributed by atoms with Crippen LogP contribution in [0.4, 0.5) is 4.79 Å². The number of fused-ring (bicyclic) bond motifs is 1. The molecule has 0 aliphatic carbocycles. The summed E-state index contributed by atoms with van der Waals surface area (Å²) >= 11 is 0. The van der Waals surface area contributed by atoms with Crippen molar-refractivity contribution in [2.24, 2.45) is 0 Å². The monoisotopic (exact) mass is 328 g/mol.